The number of unbranched alkanes of at least 4 members (excludes halogenated alkanes) is 1. The maximum atomic E-state index is 13.9. The Balaban J connectivity index is 1.11. The average Bonchev–Trinajstić information content (AvgIpc) is 1.29. The number of benzene rings is 4. The third-order valence-corrected chi connectivity index (χ3v) is 33.5. The van der Waals surface area contributed by atoms with Crippen molar-refractivity contribution in [2.24, 2.45) is 37.4 Å². The van der Waals surface area contributed by atoms with Gasteiger partial charge in [0.05, 0.1) is 7.11 Å². The molecule has 6 aliphatic rings. The van der Waals surface area contributed by atoms with Crippen LogP contribution in [-0.4, -0.2) is 116 Å². The number of nitrogens with two attached hydrogens (primary N) is 2. The molecule has 6 N–H and O–H groups in total. The van der Waals surface area contributed by atoms with Gasteiger partial charge in [-0.05, 0) is 0 Å². The van der Waals surface area contributed by atoms with Gasteiger partial charge in [-0.25, -0.2) is 0 Å². The third kappa shape index (κ3) is 7.27. The summed E-state index contributed by atoms with van der Waals surface area (Å²) in [5, 5.41) is 10.1. The number of ether oxygens (including phenoxy) is 1. The Kier molecular flexibility index (Phi) is 12.6. The Morgan fingerprint density at radius 2 is 1.03 bits per heavy atom. The fourth-order valence-electron chi connectivity index (χ4n) is 13.8. The zero-order chi connectivity index (χ0) is 54.3. The number of esters is 1. The van der Waals surface area contributed by atoms with E-state index in [1.165, 1.54) is 7.11 Å². The maximum absolute atomic E-state index is 13.9. The van der Waals surface area contributed by atoms with Gasteiger partial charge in [-0.3, -0.25) is 4.79 Å². The van der Waals surface area contributed by atoms with Crippen LogP contribution in [0.25, 0.3) is 21.5 Å². The van der Waals surface area contributed by atoms with Gasteiger partial charge in [-0.1, -0.05) is 0 Å². The quantitative estimate of drug-likeness (QED) is 0.0293. The summed E-state index contributed by atoms with van der Waals surface area (Å²) >= 11 is 0. The Labute approximate surface area is 455 Å². The minimum atomic E-state index is -6.93. The molecular formula is C57H70N12O6Si3. The number of methoxy groups -OCH3 is 1. The Morgan fingerprint density at radius 3 is 1.51 bits per heavy atom. The number of nitrogens with zero attached hydrogens (tertiary/aromatic N) is 8. The molecule has 0 bridgehead atoms. The molecule has 0 fully saturated rings. The van der Waals surface area contributed by atoms with E-state index in [1.807, 2.05) is 0 Å². The van der Waals surface area contributed by atoms with E-state index < -0.39 is 24.4 Å². The summed E-state index contributed by atoms with van der Waals surface area (Å²) in [5.41, 5.74) is 16.8. The molecule has 78 heavy (non-hydrogen) atoms. The molecule has 12 rings (SSSR count). The number of amidine groups is 4. The summed E-state index contributed by atoms with van der Waals surface area (Å²) in [4.78, 5) is 62.4. The molecule has 0 saturated heterocycles. The SMILES string of the molecule is COC(=O)CCCCC(=O)NCCC[Si](C)(C)O[Si-2]123(O[Si](C)(C)CCCNC(=O)C(CCCN)CCCN)n4c5c6ccccc6c4N=C4c6ccccc6C(=[N+]41)N=c1c4ccccc4c(n12)=NC1=[N+]3C(=N5)c2ccccc21. The van der Waals surface area contributed by atoms with Crippen LogP contribution in [-0.2, 0) is 27.4 Å². The molecule has 6 aromatic rings. The van der Waals surface area contributed by atoms with E-state index in [2.05, 4.69) is 151 Å². The van der Waals surface area contributed by atoms with Crippen molar-refractivity contribution in [1.82, 2.24) is 19.1 Å². The number of carbonyl (C=O) groups excluding carboxylic acids is 3. The monoisotopic (exact) mass is 1100 g/mol. The van der Waals surface area contributed by atoms with Crippen LogP contribution in [0.5, 0.6) is 0 Å². The van der Waals surface area contributed by atoms with Crippen LogP contribution < -0.4 is 33.1 Å². The fourth-order valence-corrected chi connectivity index (χ4v) is 36.0. The van der Waals surface area contributed by atoms with Crippen LogP contribution >= 0.6 is 0 Å². The standard InChI is InChI=1S/C57H70N12O6Si3/c1-73-48(71)31-15-14-30-47(70)60-34-18-36-76(2,3)74-78(75-77(4,5)37-19-35-61-57(72)38(20-16-32-58)21-17-33-59)66-49-39-22-6-7-23-40(39)50(66)63-52-43-26-10-11-27-44(43)54(68(52)78)65-56-46-29-13-12-28-45(46)55(69(56)78)64-53-42-25-9-8-24-41(42)51(62-49)67(53)78/h6-13,22-29,38H,14-21,30-37,58-59H2,1-5H3,(H,60,70)(H,61,72). The van der Waals surface area contributed by atoms with Crippen molar-refractivity contribution in [2.75, 3.05) is 33.3 Å². The van der Waals surface area contributed by atoms with Gasteiger partial charge in [-0.15, -0.1) is 0 Å². The summed E-state index contributed by atoms with van der Waals surface area (Å²) < 4.78 is 32.6. The molecule has 0 radical (unpaired) electrons. The Morgan fingerprint density at radius 1 is 0.577 bits per heavy atom. The third-order valence-electron chi connectivity index (χ3n) is 16.8. The topological polar surface area (TPSA) is 220 Å². The predicted molar refractivity (Wildman–Crippen MR) is 309 cm³/mol. The number of nitrogens with one attached hydrogen (secondary N) is 2. The summed E-state index contributed by atoms with van der Waals surface area (Å²) in [7, 11) is -12.1. The van der Waals surface area contributed by atoms with Gasteiger partial charge >= 0.3 is 440 Å². The molecule has 1 spiro atoms. The van der Waals surface area contributed by atoms with Crippen LogP contribution in [0.15, 0.2) is 117 Å². The first-order valence-corrected chi connectivity index (χ1v) is 36.7. The number of amides is 2. The molecule has 0 atom stereocenters. The van der Waals surface area contributed by atoms with Crippen LogP contribution in [0.3, 0.4) is 0 Å². The van der Waals surface area contributed by atoms with Crippen LogP contribution in [0, 0.1) is 5.92 Å². The number of hydrogen-bond acceptors (Lipinski definition) is 12. The van der Waals surface area contributed by atoms with E-state index in [0.717, 1.165) is 56.6 Å². The summed E-state index contributed by atoms with van der Waals surface area (Å²) in [5.74, 6) is 3.56. The molecule has 8 heterocycles. The van der Waals surface area contributed by atoms with E-state index in [4.69, 9.17) is 36.2 Å². The van der Waals surface area contributed by atoms with Crippen molar-refractivity contribution in [1.29, 1.82) is 0 Å². The van der Waals surface area contributed by atoms with Gasteiger partial charge in [0.1, 0.15) is 0 Å². The van der Waals surface area contributed by atoms with Gasteiger partial charge in [0.2, 0.25) is 0 Å². The van der Waals surface area contributed by atoms with Gasteiger partial charge in [-0.2, -0.15) is 0 Å². The first kappa shape index (κ1) is 51.9. The van der Waals surface area contributed by atoms with Gasteiger partial charge < -0.3 is 4.74 Å². The van der Waals surface area contributed by atoms with Crippen LogP contribution in [0.2, 0.25) is 38.3 Å². The van der Waals surface area contributed by atoms with Crippen molar-refractivity contribution < 1.29 is 35.8 Å². The molecule has 21 heteroatoms. The normalized spacial score (nSPS) is 17.8. The molecule has 406 valence electrons. The first-order valence-electron chi connectivity index (χ1n) is 27.9. The molecule has 2 amide bonds. The van der Waals surface area contributed by atoms with Crippen molar-refractivity contribution in [3.05, 3.63) is 130 Å². The zero-order valence-electron chi connectivity index (χ0n) is 45.3. The number of hydrogen-bond donors (Lipinski definition) is 4. The van der Waals surface area contributed by atoms with E-state index >= 15 is 0 Å². The molecule has 18 nitrogen and oxygen atoms in total. The van der Waals surface area contributed by atoms with E-state index in [9.17, 15) is 22.6 Å². The van der Waals surface area contributed by atoms with Gasteiger partial charge in [0.15, 0.2) is 0 Å². The molecular weight excluding hydrogens is 1030 g/mol. The number of aromatic nitrogens is 2. The number of carbonyl (C=O) groups is 3. The van der Waals surface area contributed by atoms with Crippen molar-refractivity contribution in [2.45, 2.75) is 102 Å². The van der Waals surface area contributed by atoms with Crippen LogP contribution in [0.1, 0.15) is 86.5 Å². The van der Waals surface area contributed by atoms with E-state index in [1.54, 1.807) is 0 Å². The van der Waals surface area contributed by atoms with Gasteiger partial charge in [0.25, 0.3) is 0 Å². The summed E-state index contributed by atoms with van der Waals surface area (Å²) in [6.45, 7) is 11.1. The molecule has 0 saturated carbocycles. The molecule has 0 unspecified atom stereocenters. The molecule has 2 aromatic heterocycles. The number of fused-ring (bicyclic) bond motifs is 12. The molecule has 4 aromatic carbocycles. The van der Waals surface area contributed by atoms with Crippen LogP contribution in [0.4, 0.5) is 11.6 Å². The Bertz CT molecular complexity index is 3660. The van der Waals surface area contributed by atoms with E-state index in [-0.39, 0.29) is 30.1 Å². The molecule has 6 aliphatic heterocycles. The second-order valence-electron chi connectivity index (χ2n) is 22.9. The Hall–Kier alpha value is -6.86. The van der Waals surface area contributed by atoms with Crippen molar-refractivity contribution >= 4 is 98.7 Å². The van der Waals surface area contributed by atoms with Crippen molar-refractivity contribution in [3.63, 3.8) is 0 Å². The fraction of sp³-hybridized carbons (Fsp3) is 0.386. The van der Waals surface area contributed by atoms with Crippen molar-refractivity contribution in [3.8, 4) is 0 Å². The minimum absolute atomic E-state index is 0.0307. The average molecular weight is 1100 g/mol. The number of aliphatic imine (C=N–C) groups is 2. The second kappa shape index (κ2) is 18.9. The summed E-state index contributed by atoms with van der Waals surface area (Å²) in [6, 6.07) is 34.8. The first-order chi connectivity index (χ1) is 37.7. The molecule has 0 aliphatic carbocycles. The van der Waals surface area contributed by atoms with Gasteiger partial charge in [0, 0.05) is 0 Å². The van der Waals surface area contributed by atoms with E-state index in [0.29, 0.717) is 129 Å². The predicted octanol–water partition coefficient (Wildman–Crippen LogP) is 6.61. The second-order valence-corrected chi connectivity index (χ2v) is 37.2. The summed E-state index contributed by atoms with van der Waals surface area (Å²) in [6.07, 6.45) is 5.97. The number of rotatable bonds is 24. The zero-order valence-corrected chi connectivity index (χ0v) is 48.3.